The van der Waals surface area contributed by atoms with E-state index in [-0.39, 0.29) is 6.54 Å². The molecule has 1 aromatic rings. The second-order valence-electron chi connectivity index (χ2n) is 4.52. The molecule has 0 unspecified atom stereocenters. The van der Waals surface area contributed by atoms with Crippen LogP contribution in [0.2, 0.25) is 0 Å². The van der Waals surface area contributed by atoms with Gasteiger partial charge >= 0.3 is 12.1 Å². The van der Waals surface area contributed by atoms with Crippen LogP contribution in [0.5, 0.6) is 0 Å². The Hall–Kier alpha value is -1.82. The zero-order chi connectivity index (χ0) is 15.2. The molecular formula is C14H16F3NO2. The molecule has 3 nitrogen and oxygen atoms in total. The summed E-state index contributed by atoms with van der Waals surface area (Å²) in [5.74, 6) is -1.03. The normalized spacial score (nSPS) is 12.2. The first-order valence-corrected chi connectivity index (χ1v) is 6.01. The SMILES string of the molecule is CN(CCC(F)(F)F)Cc1ccc(C=CC(=O)O)cc1. The van der Waals surface area contributed by atoms with E-state index in [1.54, 1.807) is 36.2 Å². The number of carboxylic acids is 1. The number of hydrogen-bond donors (Lipinski definition) is 1. The molecule has 1 rings (SSSR count). The fourth-order valence-electron chi connectivity index (χ4n) is 1.61. The Balaban J connectivity index is 2.50. The van der Waals surface area contributed by atoms with Gasteiger partial charge in [-0.3, -0.25) is 0 Å². The predicted octanol–water partition coefficient (Wildman–Crippen LogP) is 3.17. The van der Waals surface area contributed by atoms with Crippen LogP contribution in [-0.2, 0) is 11.3 Å². The van der Waals surface area contributed by atoms with Crippen molar-refractivity contribution in [3.05, 3.63) is 41.5 Å². The minimum atomic E-state index is -4.14. The van der Waals surface area contributed by atoms with Crippen molar-refractivity contribution in [1.29, 1.82) is 0 Å². The average Bonchev–Trinajstić information content (AvgIpc) is 2.35. The van der Waals surface area contributed by atoms with E-state index in [2.05, 4.69) is 0 Å². The van der Waals surface area contributed by atoms with Gasteiger partial charge in [0.05, 0.1) is 6.42 Å². The maximum Gasteiger partial charge on any atom is 0.390 e. The number of aliphatic carboxylic acids is 1. The largest absolute Gasteiger partial charge is 0.478 e. The van der Waals surface area contributed by atoms with Gasteiger partial charge < -0.3 is 10.0 Å². The molecule has 0 spiro atoms. The van der Waals surface area contributed by atoms with Crippen LogP contribution in [-0.4, -0.2) is 35.7 Å². The lowest BCUT2D eigenvalue weighted by molar-refractivity contribution is -0.137. The van der Waals surface area contributed by atoms with Crippen LogP contribution in [0.4, 0.5) is 13.2 Å². The average molecular weight is 287 g/mol. The maximum absolute atomic E-state index is 12.1. The second kappa shape index (κ2) is 7.09. The number of halogens is 3. The summed E-state index contributed by atoms with van der Waals surface area (Å²) in [6, 6.07) is 7.00. The van der Waals surface area contributed by atoms with Crippen molar-refractivity contribution in [2.75, 3.05) is 13.6 Å². The van der Waals surface area contributed by atoms with E-state index < -0.39 is 18.6 Å². The van der Waals surface area contributed by atoms with Gasteiger partial charge in [-0.15, -0.1) is 0 Å². The molecule has 110 valence electrons. The Labute approximate surface area is 115 Å². The molecule has 0 saturated carbocycles. The molecule has 20 heavy (non-hydrogen) atoms. The second-order valence-corrected chi connectivity index (χ2v) is 4.52. The summed E-state index contributed by atoms with van der Waals surface area (Å²) in [7, 11) is 1.63. The van der Waals surface area contributed by atoms with E-state index in [1.807, 2.05) is 0 Å². The van der Waals surface area contributed by atoms with E-state index in [1.165, 1.54) is 6.08 Å². The molecule has 0 heterocycles. The third-order valence-corrected chi connectivity index (χ3v) is 2.63. The number of alkyl halides is 3. The molecule has 6 heteroatoms. The molecule has 0 fully saturated rings. The minimum absolute atomic E-state index is 0.0514. The fraction of sp³-hybridized carbons (Fsp3) is 0.357. The van der Waals surface area contributed by atoms with Crippen molar-refractivity contribution in [3.63, 3.8) is 0 Å². The first-order valence-electron chi connectivity index (χ1n) is 6.01. The smallest absolute Gasteiger partial charge is 0.390 e. The molecular weight excluding hydrogens is 271 g/mol. The first kappa shape index (κ1) is 16.2. The quantitative estimate of drug-likeness (QED) is 0.817. The number of carboxylic acid groups (broad SMARTS) is 1. The van der Waals surface area contributed by atoms with Gasteiger partial charge in [0, 0.05) is 19.2 Å². The topological polar surface area (TPSA) is 40.5 Å². The first-order chi connectivity index (χ1) is 9.26. The van der Waals surface area contributed by atoms with Crippen LogP contribution in [0.15, 0.2) is 30.3 Å². The Morgan fingerprint density at radius 1 is 1.30 bits per heavy atom. The molecule has 0 aliphatic rings. The van der Waals surface area contributed by atoms with Gasteiger partial charge in [0.15, 0.2) is 0 Å². The molecule has 0 bridgehead atoms. The molecule has 0 aromatic heterocycles. The van der Waals surface area contributed by atoms with E-state index in [4.69, 9.17) is 5.11 Å². The van der Waals surface area contributed by atoms with Crippen molar-refractivity contribution >= 4 is 12.0 Å². The summed E-state index contributed by atoms with van der Waals surface area (Å²) < 4.78 is 36.2. The van der Waals surface area contributed by atoms with Gasteiger partial charge in [0.1, 0.15) is 0 Å². The molecule has 0 radical (unpaired) electrons. The summed E-state index contributed by atoms with van der Waals surface area (Å²) in [4.78, 5) is 11.9. The van der Waals surface area contributed by atoms with Crippen LogP contribution < -0.4 is 0 Å². The van der Waals surface area contributed by atoms with Crippen molar-refractivity contribution in [2.45, 2.75) is 19.1 Å². The van der Waals surface area contributed by atoms with Gasteiger partial charge in [-0.05, 0) is 24.3 Å². The van der Waals surface area contributed by atoms with Crippen LogP contribution in [0.3, 0.4) is 0 Å². The summed E-state index contributed by atoms with van der Waals surface area (Å²) in [6.07, 6.45) is -2.48. The van der Waals surface area contributed by atoms with Crippen LogP contribution in [0.25, 0.3) is 6.08 Å². The van der Waals surface area contributed by atoms with E-state index in [9.17, 15) is 18.0 Å². The summed E-state index contributed by atoms with van der Waals surface area (Å²) in [5.41, 5.74) is 1.61. The lowest BCUT2D eigenvalue weighted by atomic mass is 10.1. The zero-order valence-corrected chi connectivity index (χ0v) is 11.0. The lowest BCUT2D eigenvalue weighted by Crippen LogP contribution is -2.24. The van der Waals surface area contributed by atoms with Crippen molar-refractivity contribution in [2.24, 2.45) is 0 Å². The molecule has 0 atom stereocenters. The number of benzene rings is 1. The molecule has 0 aliphatic heterocycles. The third kappa shape index (κ3) is 6.94. The number of hydrogen-bond acceptors (Lipinski definition) is 2. The molecule has 0 saturated heterocycles. The molecule has 0 amide bonds. The predicted molar refractivity (Wildman–Crippen MR) is 70.1 cm³/mol. The standard InChI is InChI=1S/C14H16F3NO2/c1-18(9-8-14(15,16)17)10-12-4-2-11(3-5-12)6-7-13(19)20/h2-7H,8-10H2,1H3,(H,19,20). The number of carbonyl (C=O) groups is 1. The van der Waals surface area contributed by atoms with E-state index >= 15 is 0 Å². The van der Waals surface area contributed by atoms with Crippen molar-refractivity contribution in [1.82, 2.24) is 4.90 Å². The highest BCUT2D eigenvalue weighted by Gasteiger charge is 2.26. The Morgan fingerprint density at radius 3 is 2.40 bits per heavy atom. The Morgan fingerprint density at radius 2 is 1.90 bits per heavy atom. The zero-order valence-electron chi connectivity index (χ0n) is 11.0. The Kier molecular flexibility index (Phi) is 5.76. The van der Waals surface area contributed by atoms with E-state index in [0.717, 1.165) is 17.2 Å². The summed E-state index contributed by atoms with van der Waals surface area (Å²) in [5, 5.41) is 8.49. The van der Waals surface area contributed by atoms with Gasteiger partial charge in [-0.2, -0.15) is 13.2 Å². The lowest BCUT2D eigenvalue weighted by Gasteiger charge is -2.17. The molecule has 0 aliphatic carbocycles. The van der Waals surface area contributed by atoms with Gasteiger partial charge in [0.25, 0.3) is 0 Å². The number of nitrogens with zero attached hydrogens (tertiary/aromatic N) is 1. The third-order valence-electron chi connectivity index (χ3n) is 2.63. The Bertz CT molecular complexity index is 466. The van der Waals surface area contributed by atoms with Crippen molar-refractivity contribution < 1.29 is 23.1 Å². The highest BCUT2D eigenvalue weighted by atomic mass is 19.4. The van der Waals surface area contributed by atoms with Crippen LogP contribution in [0.1, 0.15) is 17.5 Å². The van der Waals surface area contributed by atoms with Gasteiger partial charge in [-0.25, -0.2) is 4.79 Å². The van der Waals surface area contributed by atoms with Gasteiger partial charge in [-0.1, -0.05) is 24.3 Å². The fourth-order valence-corrected chi connectivity index (χ4v) is 1.61. The van der Waals surface area contributed by atoms with Crippen LogP contribution >= 0.6 is 0 Å². The monoisotopic (exact) mass is 287 g/mol. The highest BCUT2D eigenvalue weighted by Crippen LogP contribution is 2.20. The minimum Gasteiger partial charge on any atom is -0.478 e. The summed E-state index contributed by atoms with van der Waals surface area (Å²) >= 11 is 0. The van der Waals surface area contributed by atoms with Crippen LogP contribution in [0, 0.1) is 0 Å². The highest BCUT2D eigenvalue weighted by molar-refractivity contribution is 5.85. The maximum atomic E-state index is 12.1. The number of rotatable bonds is 6. The summed E-state index contributed by atoms with van der Waals surface area (Å²) in [6.45, 7) is 0.364. The molecule has 1 N–H and O–H groups in total. The van der Waals surface area contributed by atoms with E-state index in [0.29, 0.717) is 6.54 Å². The van der Waals surface area contributed by atoms with Crippen molar-refractivity contribution in [3.8, 4) is 0 Å². The molecule has 1 aromatic carbocycles. The van der Waals surface area contributed by atoms with Gasteiger partial charge in [0.2, 0.25) is 0 Å².